The van der Waals surface area contributed by atoms with E-state index < -0.39 is 0 Å². The van der Waals surface area contributed by atoms with Gasteiger partial charge in [0, 0.05) is 16.3 Å². The Kier molecular flexibility index (Phi) is 3.92. The summed E-state index contributed by atoms with van der Waals surface area (Å²) >= 11 is 1.77. The standard InChI is InChI=1S/C14H16FNS/c1-3-16-9-13-8-10(2)14(17-13)11-4-6-12(15)7-5-11/h4-8,16H,3,9H2,1-2H3. The molecule has 0 spiro atoms. The molecule has 1 aromatic carbocycles. The number of hydrogen-bond donors (Lipinski definition) is 1. The van der Waals surface area contributed by atoms with Crippen LogP contribution in [0.2, 0.25) is 0 Å². The number of rotatable bonds is 4. The van der Waals surface area contributed by atoms with Crippen LogP contribution in [0.5, 0.6) is 0 Å². The number of thiophene rings is 1. The van der Waals surface area contributed by atoms with Crippen molar-refractivity contribution in [2.45, 2.75) is 20.4 Å². The second-order valence-corrected chi connectivity index (χ2v) is 5.15. The van der Waals surface area contributed by atoms with Gasteiger partial charge in [0.15, 0.2) is 0 Å². The van der Waals surface area contributed by atoms with Gasteiger partial charge in [-0.05, 0) is 42.8 Å². The second-order valence-electron chi connectivity index (χ2n) is 4.01. The molecule has 17 heavy (non-hydrogen) atoms. The van der Waals surface area contributed by atoms with Gasteiger partial charge in [-0.1, -0.05) is 19.1 Å². The summed E-state index contributed by atoms with van der Waals surface area (Å²) in [6, 6.07) is 8.90. The van der Waals surface area contributed by atoms with Crippen LogP contribution in [0.15, 0.2) is 30.3 Å². The highest BCUT2D eigenvalue weighted by Gasteiger charge is 2.07. The topological polar surface area (TPSA) is 12.0 Å². The molecule has 1 heterocycles. The lowest BCUT2D eigenvalue weighted by Gasteiger charge is -1.99. The number of aryl methyl sites for hydroxylation is 1. The van der Waals surface area contributed by atoms with Crippen LogP contribution in [0.4, 0.5) is 4.39 Å². The first kappa shape index (κ1) is 12.3. The molecule has 0 unspecified atom stereocenters. The van der Waals surface area contributed by atoms with E-state index in [0.717, 1.165) is 18.7 Å². The number of halogens is 1. The molecule has 0 aliphatic heterocycles. The largest absolute Gasteiger partial charge is 0.312 e. The highest BCUT2D eigenvalue weighted by molar-refractivity contribution is 7.15. The Labute approximate surface area is 105 Å². The molecular weight excluding hydrogens is 233 g/mol. The van der Waals surface area contributed by atoms with Gasteiger partial charge in [-0.3, -0.25) is 0 Å². The maximum Gasteiger partial charge on any atom is 0.123 e. The van der Waals surface area contributed by atoms with Gasteiger partial charge < -0.3 is 5.32 Å². The van der Waals surface area contributed by atoms with Crippen molar-refractivity contribution in [1.29, 1.82) is 0 Å². The molecule has 2 rings (SSSR count). The van der Waals surface area contributed by atoms with Crippen molar-refractivity contribution >= 4 is 11.3 Å². The van der Waals surface area contributed by atoms with Crippen molar-refractivity contribution in [3.8, 4) is 10.4 Å². The Hall–Kier alpha value is -1.19. The highest BCUT2D eigenvalue weighted by atomic mass is 32.1. The smallest absolute Gasteiger partial charge is 0.123 e. The second kappa shape index (κ2) is 5.43. The Bertz CT molecular complexity index is 487. The van der Waals surface area contributed by atoms with E-state index in [1.165, 1.54) is 27.5 Å². The van der Waals surface area contributed by atoms with Crippen LogP contribution in [-0.4, -0.2) is 6.54 Å². The first-order valence-electron chi connectivity index (χ1n) is 5.76. The predicted molar refractivity (Wildman–Crippen MR) is 71.8 cm³/mol. The Balaban J connectivity index is 2.26. The first-order valence-corrected chi connectivity index (χ1v) is 6.58. The normalized spacial score (nSPS) is 10.8. The molecule has 0 aliphatic carbocycles. The SMILES string of the molecule is CCNCc1cc(C)c(-c2ccc(F)cc2)s1. The van der Waals surface area contributed by atoms with Crippen LogP contribution in [0, 0.1) is 12.7 Å². The molecule has 1 nitrogen and oxygen atoms in total. The van der Waals surface area contributed by atoms with Gasteiger partial charge >= 0.3 is 0 Å². The number of hydrogen-bond acceptors (Lipinski definition) is 2. The molecule has 1 N–H and O–H groups in total. The summed E-state index contributed by atoms with van der Waals surface area (Å²) in [5.41, 5.74) is 2.35. The van der Waals surface area contributed by atoms with Crippen LogP contribution in [0.3, 0.4) is 0 Å². The third-order valence-electron chi connectivity index (χ3n) is 2.62. The van der Waals surface area contributed by atoms with Gasteiger partial charge in [0.1, 0.15) is 5.82 Å². The first-order chi connectivity index (χ1) is 8.20. The van der Waals surface area contributed by atoms with E-state index in [0.29, 0.717) is 0 Å². The van der Waals surface area contributed by atoms with Crippen molar-refractivity contribution in [3.63, 3.8) is 0 Å². The van der Waals surface area contributed by atoms with E-state index in [1.807, 2.05) is 12.1 Å². The summed E-state index contributed by atoms with van der Waals surface area (Å²) in [5, 5.41) is 3.32. The fraction of sp³-hybridized carbons (Fsp3) is 0.286. The zero-order chi connectivity index (χ0) is 12.3. The third kappa shape index (κ3) is 2.93. The average Bonchev–Trinajstić information content (AvgIpc) is 2.69. The molecule has 3 heteroatoms. The van der Waals surface area contributed by atoms with E-state index in [-0.39, 0.29) is 5.82 Å². The maximum atomic E-state index is 12.9. The van der Waals surface area contributed by atoms with Crippen LogP contribution < -0.4 is 5.32 Å². The monoisotopic (exact) mass is 249 g/mol. The molecule has 90 valence electrons. The molecule has 0 aliphatic rings. The predicted octanol–water partition coefficient (Wildman–Crippen LogP) is 3.97. The summed E-state index contributed by atoms with van der Waals surface area (Å²) in [6.07, 6.45) is 0. The van der Waals surface area contributed by atoms with Gasteiger partial charge in [0.2, 0.25) is 0 Å². The van der Waals surface area contributed by atoms with E-state index in [4.69, 9.17) is 0 Å². The van der Waals surface area contributed by atoms with Gasteiger partial charge in [-0.25, -0.2) is 4.39 Å². The number of benzene rings is 1. The summed E-state index contributed by atoms with van der Waals surface area (Å²) in [4.78, 5) is 2.56. The van der Waals surface area contributed by atoms with E-state index in [9.17, 15) is 4.39 Å². The lowest BCUT2D eigenvalue weighted by Crippen LogP contribution is -2.10. The molecule has 0 saturated heterocycles. The summed E-state index contributed by atoms with van der Waals surface area (Å²) in [5.74, 6) is -0.184. The average molecular weight is 249 g/mol. The number of nitrogens with one attached hydrogen (secondary N) is 1. The quantitative estimate of drug-likeness (QED) is 0.864. The molecule has 1 aromatic heterocycles. The van der Waals surface area contributed by atoms with Crippen LogP contribution in [0.25, 0.3) is 10.4 Å². The van der Waals surface area contributed by atoms with E-state index >= 15 is 0 Å². The molecule has 0 atom stereocenters. The fourth-order valence-electron chi connectivity index (χ4n) is 1.77. The highest BCUT2D eigenvalue weighted by Crippen LogP contribution is 2.32. The minimum atomic E-state index is -0.184. The Morgan fingerprint density at radius 2 is 1.94 bits per heavy atom. The Morgan fingerprint density at radius 1 is 1.24 bits per heavy atom. The summed E-state index contributed by atoms with van der Waals surface area (Å²) < 4.78 is 12.9. The van der Waals surface area contributed by atoms with Crippen molar-refractivity contribution in [1.82, 2.24) is 5.32 Å². The molecule has 0 bridgehead atoms. The molecular formula is C14H16FNS. The van der Waals surface area contributed by atoms with E-state index in [2.05, 4.69) is 25.2 Å². The molecule has 0 saturated carbocycles. The van der Waals surface area contributed by atoms with E-state index in [1.54, 1.807) is 11.3 Å². The fourth-order valence-corrected chi connectivity index (χ4v) is 2.92. The zero-order valence-corrected chi connectivity index (χ0v) is 10.9. The molecule has 2 aromatic rings. The van der Waals surface area contributed by atoms with Gasteiger partial charge in [0.05, 0.1) is 0 Å². The van der Waals surface area contributed by atoms with Gasteiger partial charge in [-0.15, -0.1) is 11.3 Å². The van der Waals surface area contributed by atoms with Crippen molar-refractivity contribution < 1.29 is 4.39 Å². The molecule has 0 amide bonds. The minimum absolute atomic E-state index is 0.184. The van der Waals surface area contributed by atoms with Crippen molar-refractivity contribution in [2.75, 3.05) is 6.54 Å². The minimum Gasteiger partial charge on any atom is -0.312 e. The summed E-state index contributed by atoms with van der Waals surface area (Å²) in [6.45, 7) is 6.08. The summed E-state index contributed by atoms with van der Waals surface area (Å²) in [7, 11) is 0. The van der Waals surface area contributed by atoms with Crippen molar-refractivity contribution in [2.24, 2.45) is 0 Å². The van der Waals surface area contributed by atoms with Gasteiger partial charge in [0.25, 0.3) is 0 Å². The zero-order valence-electron chi connectivity index (χ0n) is 10.1. The Morgan fingerprint density at radius 3 is 2.59 bits per heavy atom. The van der Waals surface area contributed by atoms with Gasteiger partial charge in [-0.2, -0.15) is 0 Å². The third-order valence-corrected chi connectivity index (χ3v) is 3.91. The van der Waals surface area contributed by atoms with Crippen LogP contribution in [0.1, 0.15) is 17.4 Å². The van der Waals surface area contributed by atoms with Crippen LogP contribution in [-0.2, 0) is 6.54 Å². The lowest BCUT2D eigenvalue weighted by atomic mass is 10.1. The maximum absolute atomic E-state index is 12.9. The molecule has 0 radical (unpaired) electrons. The van der Waals surface area contributed by atoms with Crippen molar-refractivity contribution in [3.05, 3.63) is 46.6 Å². The lowest BCUT2D eigenvalue weighted by molar-refractivity contribution is 0.628. The molecule has 0 fully saturated rings. The van der Waals surface area contributed by atoms with Crippen LogP contribution >= 0.6 is 11.3 Å².